The van der Waals surface area contributed by atoms with E-state index >= 15 is 0 Å². The van der Waals surface area contributed by atoms with Crippen LogP contribution < -0.4 is 9.96 Å². The van der Waals surface area contributed by atoms with Gasteiger partial charge in [0, 0.05) is 5.56 Å². The van der Waals surface area contributed by atoms with Crippen molar-refractivity contribution in [1.82, 2.24) is 0 Å². The third-order valence-electron chi connectivity index (χ3n) is 5.98. The molecule has 3 aromatic rings. The normalized spacial score (nSPS) is 22.8. The van der Waals surface area contributed by atoms with Gasteiger partial charge >= 0.3 is 0 Å². The monoisotopic (exact) mass is 414 g/mol. The molecule has 5 rings (SSSR count). The number of hydrogen-bond acceptors (Lipinski definition) is 5. The molecule has 31 heavy (non-hydrogen) atoms. The Morgan fingerprint density at radius 1 is 0.839 bits per heavy atom. The highest BCUT2D eigenvalue weighted by atomic mass is 16.7. The van der Waals surface area contributed by atoms with Crippen LogP contribution in [-0.4, -0.2) is 23.0 Å². The first-order valence-corrected chi connectivity index (χ1v) is 10.4. The maximum absolute atomic E-state index is 13.5. The standard InChI is InChI=1S/C25H22N2O4/c1-2-16-12-14-17(15-13-16)26-24(29)21-22(19-10-6-7-11-20(19)28)27(31-23(21)25(26)30)18-8-4-3-5-9-18/h3-15,21-23,28H,2H2,1H3/t21-,22-,23-/m0/s1. The number of phenolic OH excluding ortho intramolecular Hbond substituents is 1. The van der Waals surface area contributed by atoms with E-state index in [-0.39, 0.29) is 11.7 Å². The van der Waals surface area contributed by atoms with Crippen LogP contribution in [0.1, 0.15) is 24.1 Å². The molecule has 6 nitrogen and oxygen atoms in total. The van der Waals surface area contributed by atoms with Crippen LogP contribution in [0.5, 0.6) is 5.75 Å². The molecule has 2 saturated heterocycles. The summed E-state index contributed by atoms with van der Waals surface area (Å²) in [6.45, 7) is 2.05. The number of aromatic hydroxyl groups is 1. The van der Waals surface area contributed by atoms with Crippen LogP contribution in [0, 0.1) is 5.92 Å². The van der Waals surface area contributed by atoms with Crippen LogP contribution in [0.2, 0.25) is 0 Å². The van der Waals surface area contributed by atoms with Gasteiger partial charge in [-0.1, -0.05) is 55.5 Å². The number of benzene rings is 3. The molecular weight excluding hydrogens is 392 g/mol. The van der Waals surface area contributed by atoms with Crippen LogP contribution in [0.3, 0.4) is 0 Å². The fraction of sp³-hybridized carbons (Fsp3) is 0.200. The summed E-state index contributed by atoms with van der Waals surface area (Å²) in [4.78, 5) is 34.1. The summed E-state index contributed by atoms with van der Waals surface area (Å²) in [7, 11) is 0. The summed E-state index contributed by atoms with van der Waals surface area (Å²) < 4.78 is 0. The first-order valence-electron chi connectivity index (χ1n) is 10.4. The molecule has 2 fully saturated rings. The van der Waals surface area contributed by atoms with Crippen molar-refractivity contribution in [2.24, 2.45) is 5.92 Å². The lowest BCUT2D eigenvalue weighted by atomic mass is 9.90. The van der Waals surface area contributed by atoms with Crippen molar-refractivity contribution in [3.05, 3.63) is 90.0 Å². The molecule has 0 saturated carbocycles. The average Bonchev–Trinajstić information content (AvgIpc) is 3.31. The zero-order chi connectivity index (χ0) is 21.5. The Hall–Kier alpha value is -3.64. The van der Waals surface area contributed by atoms with Gasteiger partial charge in [-0.2, -0.15) is 0 Å². The average molecular weight is 414 g/mol. The molecule has 0 bridgehead atoms. The molecule has 2 amide bonds. The number of carbonyl (C=O) groups excluding carboxylic acids is 2. The second kappa shape index (κ2) is 7.56. The number of imide groups is 1. The lowest BCUT2D eigenvalue weighted by Crippen LogP contribution is -2.37. The second-order valence-electron chi connectivity index (χ2n) is 7.75. The quantitative estimate of drug-likeness (QED) is 0.654. The minimum absolute atomic E-state index is 0.0590. The van der Waals surface area contributed by atoms with Crippen molar-refractivity contribution in [2.75, 3.05) is 9.96 Å². The lowest BCUT2D eigenvalue weighted by molar-refractivity contribution is -0.126. The molecular formula is C25H22N2O4. The van der Waals surface area contributed by atoms with E-state index in [9.17, 15) is 14.7 Å². The Labute approximate surface area is 180 Å². The number of nitrogens with zero attached hydrogens (tertiary/aromatic N) is 2. The molecule has 0 unspecified atom stereocenters. The molecule has 3 atom stereocenters. The predicted octanol–water partition coefficient (Wildman–Crippen LogP) is 4.01. The summed E-state index contributed by atoms with van der Waals surface area (Å²) in [6.07, 6.45) is -0.0825. The molecule has 6 heteroatoms. The number of amides is 2. The van der Waals surface area contributed by atoms with Crippen LogP contribution in [0.15, 0.2) is 78.9 Å². The summed E-state index contributed by atoms with van der Waals surface area (Å²) in [5.74, 6) is -1.43. The zero-order valence-corrected chi connectivity index (χ0v) is 17.0. The van der Waals surface area contributed by atoms with E-state index in [0.717, 1.165) is 12.0 Å². The fourth-order valence-electron chi connectivity index (χ4n) is 4.40. The highest BCUT2D eigenvalue weighted by Crippen LogP contribution is 2.49. The Morgan fingerprint density at radius 2 is 1.52 bits per heavy atom. The van der Waals surface area contributed by atoms with E-state index in [1.54, 1.807) is 41.5 Å². The van der Waals surface area contributed by atoms with Crippen molar-refractivity contribution in [3.63, 3.8) is 0 Å². The Kier molecular flexibility index (Phi) is 4.71. The third-order valence-corrected chi connectivity index (χ3v) is 5.98. The van der Waals surface area contributed by atoms with Gasteiger partial charge < -0.3 is 5.11 Å². The third kappa shape index (κ3) is 3.07. The molecule has 2 heterocycles. The Morgan fingerprint density at radius 3 is 2.19 bits per heavy atom. The van der Waals surface area contributed by atoms with Gasteiger partial charge in [-0.05, 0) is 42.3 Å². The van der Waals surface area contributed by atoms with Gasteiger partial charge in [0.1, 0.15) is 11.7 Å². The number of hydrogen-bond donors (Lipinski definition) is 1. The Balaban J connectivity index is 1.58. The number of aryl methyl sites for hydroxylation is 1. The molecule has 0 radical (unpaired) electrons. The number of hydroxylamine groups is 1. The minimum atomic E-state index is -0.955. The number of para-hydroxylation sites is 2. The first kappa shape index (κ1) is 19.3. The molecule has 3 aromatic carbocycles. The maximum atomic E-state index is 13.5. The lowest BCUT2D eigenvalue weighted by Gasteiger charge is -2.29. The van der Waals surface area contributed by atoms with Crippen molar-refractivity contribution in [3.8, 4) is 5.75 Å². The second-order valence-corrected chi connectivity index (χ2v) is 7.75. The molecule has 2 aliphatic heterocycles. The highest BCUT2D eigenvalue weighted by Gasteiger charge is 2.60. The largest absolute Gasteiger partial charge is 0.508 e. The van der Waals surface area contributed by atoms with E-state index in [0.29, 0.717) is 16.9 Å². The highest BCUT2D eigenvalue weighted by molar-refractivity contribution is 6.23. The molecule has 156 valence electrons. The van der Waals surface area contributed by atoms with E-state index < -0.39 is 24.0 Å². The van der Waals surface area contributed by atoms with Gasteiger partial charge in [-0.15, -0.1) is 0 Å². The minimum Gasteiger partial charge on any atom is -0.508 e. The SMILES string of the molecule is CCc1ccc(N2C(=O)[C@@H]3[C@H](ON(c4ccccc4)[C@H]3c3ccccc3O)C2=O)cc1. The number of anilines is 2. The van der Waals surface area contributed by atoms with Gasteiger partial charge in [-0.3, -0.25) is 14.4 Å². The summed E-state index contributed by atoms with van der Waals surface area (Å²) >= 11 is 0. The van der Waals surface area contributed by atoms with Crippen molar-refractivity contribution in [2.45, 2.75) is 25.5 Å². The van der Waals surface area contributed by atoms with E-state index in [4.69, 9.17) is 4.84 Å². The number of phenols is 1. The topological polar surface area (TPSA) is 70.1 Å². The van der Waals surface area contributed by atoms with Crippen LogP contribution in [0.4, 0.5) is 11.4 Å². The molecule has 0 aliphatic carbocycles. The van der Waals surface area contributed by atoms with Gasteiger partial charge in [-0.25, -0.2) is 9.96 Å². The zero-order valence-electron chi connectivity index (χ0n) is 17.0. The van der Waals surface area contributed by atoms with Crippen molar-refractivity contribution in [1.29, 1.82) is 0 Å². The number of carbonyl (C=O) groups is 2. The van der Waals surface area contributed by atoms with Crippen LogP contribution in [-0.2, 0) is 20.8 Å². The fourth-order valence-corrected chi connectivity index (χ4v) is 4.40. The van der Waals surface area contributed by atoms with E-state index in [2.05, 4.69) is 6.92 Å². The number of fused-ring (bicyclic) bond motifs is 1. The van der Waals surface area contributed by atoms with Gasteiger partial charge in [0.2, 0.25) is 5.91 Å². The van der Waals surface area contributed by atoms with Crippen LogP contribution in [0.25, 0.3) is 0 Å². The summed E-state index contributed by atoms with van der Waals surface area (Å²) in [5.41, 5.74) is 2.92. The van der Waals surface area contributed by atoms with Gasteiger partial charge in [0.05, 0.1) is 17.4 Å². The number of rotatable bonds is 4. The molecule has 2 aliphatic rings. The molecule has 0 spiro atoms. The van der Waals surface area contributed by atoms with Crippen molar-refractivity contribution < 1.29 is 19.5 Å². The summed E-state index contributed by atoms with van der Waals surface area (Å²) in [6, 6.07) is 23.0. The molecule has 0 aromatic heterocycles. The smallest absolute Gasteiger partial charge is 0.266 e. The van der Waals surface area contributed by atoms with Gasteiger partial charge in [0.25, 0.3) is 5.91 Å². The van der Waals surface area contributed by atoms with E-state index in [1.807, 2.05) is 42.5 Å². The molecule has 1 N–H and O–H groups in total. The van der Waals surface area contributed by atoms with Gasteiger partial charge in [0.15, 0.2) is 6.10 Å². The predicted molar refractivity (Wildman–Crippen MR) is 116 cm³/mol. The first-order chi connectivity index (χ1) is 15.1. The van der Waals surface area contributed by atoms with E-state index in [1.165, 1.54) is 4.90 Å². The summed E-state index contributed by atoms with van der Waals surface area (Å²) in [5, 5.41) is 12.1. The maximum Gasteiger partial charge on any atom is 0.266 e. The van der Waals surface area contributed by atoms with Crippen molar-refractivity contribution >= 4 is 23.2 Å². The Bertz CT molecular complexity index is 1130. The van der Waals surface area contributed by atoms with Crippen LogP contribution >= 0.6 is 0 Å².